The Hall–Kier alpha value is -0.940. The lowest BCUT2D eigenvalue weighted by Gasteiger charge is -2.03. The van der Waals surface area contributed by atoms with Gasteiger partial charge in [0.1, 0.15) is 6.10 Å². The van der Waals surface area contributed by atoms with Crippen molar-refractivity contribution in [3.8, 4) is 0 Å². The normalized spacial score (nSPS) is 31.2. The van der Waals surface area contributed by atoms with Gasteiger partial charge in [0.25, 0.3) is 0 Å². The Morgan fingerprint density at radius 2 is 2.27 bits per heavy atom. The first-order valence-corrected chi connectivity index (χ1v) is 5.62. The molecule has 0 amide bonds. The summed E-state index contributed by atoms with van der Waals surface area (Å²) in [6.07, 6.45) is 4.44. The molecule has 1 aromatic rings. The van der Waals surface area contributed by atoms with E-state index in [1.807, 2.05) is 0 Å². The van der Waals surface area contributed by atoms with E-state index in [0.29, 0.717) is 0 Å². The fourth-order valence-corrected chi connectivity index (χ4v) is 2.20. The zero-order chi connectivity index (χ0) is 10.1. The van der Waals surface area contributed by atoms with Crippen LogP contribution in [0.1, 0.15) is 49.5 Å². The Bertz CT molecular complexity index is 297. The van der Waals surface area contributed by atoms with Crippen molar-refractivity contribution in [1.29, 1.82) is 0 Å². The van der Waals surface area contributed by atoms with Gasteiger partial charge in [-0.25, -0.2) is 0 Å². The molecule has 5 nitrogen and oxygen atoms in total. The average molecular weight is 209 g/mol. The Labute approximate surface area is 88.2 Å². The second kappa shape index (κ2) is 3.90. The van der Waals surface area contributed by atoms with Crippen molar-refractivity contribution in [2.24, 2.45) is 0 Å². The van der Waals surface area contributed by atoms with Gasteiger partial charge in [0.2, 0.25) is 11.7 Å². The van der Waals surface area contributed by atoms with E-state index >= 15 is 0 Å². The van der Waals surface area contributed by atoms with Gasteiger partial charge in [0.15, 0.2) is 0 Å². The van der Waals surface area contributed by atoms with Gasteiger partial charge < -0.3 is 14.6 Å². The van der Waals surface area contributed by atoms with Crippen molar-refractivity contribution in [3.05, 3.63) is 11.7 Å². The van der Waals surface area contributed by atoms with Crippen molar-refractivity contribution in [3.63, 3.8) is 0 Å². The van der Waals surface area contributed by atoms with Gasteiger partial charge >= 0.3 is 0 Å². The standard InChI is InChI=1S/C10H15N3O2/c1-3-7(11-5-1)10-12-9(13-15-10)8-4-2-6-14-8/h7-8,11H,1-6H2. The van der Waals surface area contributed by atoms with Gasteiger partial charge in [0, 0.05) is 6.61 Å². The summed E-state index contributed by atoms with van der Waals surface area (Å²) in [5.74, 6) is 1.44. The van der Waals surface area contributed by atoms with Crippen LogP contribution in [-0.4, -0.2) is 23.3 Å². The Morgan fingerprint density at radius 3 is 3.00 bits per heavy atom. The first-order valence-electron chi connectivity index (χ1n) is 5.62. The Kier molecular flexibility index (Phi) is 2.42. The first-order chi connectivity index (χ1) is 7.43. The molecule has 3 rings (SSSR count). The SMILES string of the molecule is C1CNC(c2nc(C3CCCO3)no2)C1. The fourth-order valence-electron chi connectivity index (χ4n) is 2.20. The molecule has 0 aromatic carbocycles. The van der Waals surface area contributed by atoms with Crippen LogP contribution in [-0.2, 0) is 4.74 Å². The molecule has 3 heterocycles. The van der Waals surface area contributed by atoms with Gasteiger partial charge in [-0.3, -0.25) is 0 Å². The summed E-state index contributed by atoms with van der Waals surface area (Å²) in [4.78, 5) is 4.41. The van der Waals surface area contributed by atoms with E-state index in [0.717, 1.165) is 44.1 Å². The van der Waals surface area contributed by atoms with Crippen molar-refractivity contribution in [2.45, 2.75) is 37.8 Å². The molecule has 2 saturated heterocycles. The minimum atomic E-state index is 0.0592. The minimum Gasteiger partial charge on any atom is -0.370 e. The molecule has 2 fully saturated rings. The Morgan fingerprint density at radius 1 is 1.27 bits per heavy atom. The molecular weight excluding hydrogens is 194 g/mol. The van der Waals surface area contributed by atoms with Gasteiger partial charge in [-0.1, -0.05) is 5.16 Å². The number of aromatic nitrogens is 2. The minimum absolute atomic E-state index is 0.0592. The molecule has 1 N–H and O–H groups in total. The number of ether oxygens (including phenoxy) is 1. The molecule has 2 atom stereocenters. The maximum Gasteiger partial charge on any atom is 0.243 e. The predicted molar refractivity (Wildman–Crippen MR) is 52.2 cm³/mol. The second-order valence-electron chi connectivity index (χ2n) is 4.14. The number of nitrogens with one attached hydrogen (secondary N) is 1. The van der Waals surface area contributed by atoms with Crippen LogP contribution in [0.5, 0.6) is 0 Å². The highest BCUT2D eigenvalue weighted by Crippen LogP contribution is 2.28. The van der Waals surface area contributed by atoms with Gasteiger partial charge in [0.05, 0.1) is 6.04 Å². The first kappa shape index (κ1) is 9.30. The maximum absolute atomic E-state index is 5.51. The van der Waals surface area contributed by atoms with Crippen molar-refractivity contribution < 1.29 is 9.26 Å². The molecule has 2 unspecified atom stereocenters. The lowest BCUT2D eigenvalue weighted by molar-refractivity contribution is 0.103. The molecule has 5 heteroatoms. The van der Waals surface area contributed by atoms with Gasteiger partial charge in [-0.2, -0.15) is 4.98 Å². The lowest BCUT2D eigenvalue weighted by atomic mass is 10.2. The third kappa shape index (κ3) is 1.77. The summed E-state index contributed by atoms with van der Waals surface area (Å²) in [5, 5.41) is 7.33. The zero-order valence-corrected chi connectivity index (χ0v) is 8.61. The highest BCUT2D eigenvalue weighted by Gasteiger charge is 2.27. The molecule has 0 radical (unpaired) electrons. The van der Waals surface area contributed by atoms with Crippen molar-refractivity contribution in [1.82, 2.24) is 15.5 Å². The van der Waals surface area contributed by atoms with Crippen LogP contribution in [0.15, 0.2) is 4.52 Å². The van der Waals surface area contributed by atoms with Crippen LogP contribution >= 0.6 is 0 Å². The molecule has 0 saturated carbocycles. The number of hydrogen-bond acceptors (Lipinski definition) is 5. The third-order valence-corrected chi connectivity index (χ3v) is 3.03. The summed E-state index contributed by atoms with van der Waals surface area (Å²) in [6, 6.07) is 0.257. The fraction of sp³-hybridized carbons (Fsp3) is 0.800. The molecule has 0 spiro atoms. The summed E-state index contributed by atoms with van der Waals surface area (Å²) >= 11 is 0. The molecule has 82 valence electrons. The van der Waals surface area contributed by atoms with Crippen molar-refractivity contribution >= 4 is 0 Å². The number of nitrogens with zero attached hydrogens (tertiary/aromatic N) is 2. The topological polar surface area (TPSA) is 60.2 Å². The molecular formula is C10H15N3O2. The van der Waals surface area contributed by atoms with Crippen LogP contribution in [0.25, 0.3) is 0 Å². The molecule has 2 aliphatic rings. The third-order valence-electron chi connectivity index (χ3n) is 3.03. The second-order valence-corrected chi connectivity index (χ2v) is 4.14. The van der Waals surface area contributed by atoms with E-state index in [9.17, 15) is 0 Å². The van der Waals surface area contributed by atoms with E-state index in [1.165, 1.54) is 6.42 Å². The monoisotopic (exact) mass is 209 g/mol. The van der Waals surface area contributed by atoms with E-state index in [2.05, 4.69) is 15.5 Å². The average Bonchev–Trinajstić information content (AvgIpc) is 3.02. The highest BCUT2D eigenvalue weighted by molar-refractivity contribution is 4.98. The van der Waals surface area contributed by atoms with Gasteiger partial charge in [-0.15, -0.1) is 0 Å². The smallest absolute Gasteiger partial charge is 0.243 e. The van der Waals surface area contributed by atoms with E-state index in [-0.39, 0.29) is 12.1 Å². The van der Waals surface area contributed by atoms with Crippen LogP contribution in [0, 0.1) is 0 Å². The van der Waals surface area contributed by atoms with Gasteiger partial charge in [-0.05, 0) is 32.2 Å². The number of rotatable bonds is 2. The van der Waals surface area contributed by atoms with Crippen LogP contribution in [0.4, 0.5) is 0 Å². The highest BCUT2D eigenvalue weighted by atomic mass is 16.5. The summed E-state index contributed by atoms with van der Waals surface area (Å²) < 4.78 is 10.8. The molecule has 15 heavy (non-hydrogen) atoms. The van der Waals surface area contributed by atoms with Crippen LogP contribution in [0.3, 0.4) is 0 Å². The number of hydrogen-bond donors (Lipinski definition) is 1. The van der Waals surface area contributed by atoms with E-state index < -0.39 is 0 Å². The van der Waals surface area contributed by atoms with Crippen molar-refractivity contribution in [2.75, 3.05) is 13.2 Å². The maximum atomic E-state index is 5.51. The predicted octanol–water partition coefficient (Wildman–Crippen LogP) is 1.35. The summed E-state index contributed by atoms with van der Waals surface area (Å²) in [6.45, 7) is 1.86. The Balaban J connectivity index is 1.74. The quantitative estimate of drug-likeness (QED) is 0.796. The van der Waals surface area contributed by atoms with E-state index in [1.54, 1.807) is 0 Å². The lowest BCUT2D eigenvalue weighted by Crippen LogP contribution is -2.13. The zero-order valence-electron chi connectivity index (χ0n) is 8.61. The molecule has 0 bridgehead atoms. The summed E-state index contributed by atoms with van der Waals surface area (Å²) in [5.41, 5.74) is 0. The summed E-state index contributed by atoms with van der Waals surface area (Å²) in [7, 11) is 0. The van der Waals surface area contributed by atoms with Crippen LogP contribution in [0.2, 0.25) is 0 Å². The molecule has 0 aliphatic carbocycles. The van der Waals surface area contributed by atoms with E-state index in [4.69, 9.17) is 9.26 Å². The molecule has 1 aromatic heterocycles. The van der Waals surface area contributed by atoms with Crippen LogP contribution < -0.4 is 5.32 Å². The largest absolute Gasteiger partial charge is 0.370 e. The molecule has 2 aliphatic heterocycles.